The molecule has 1 fully saturated rings. The lowest BCUT2D eigenvalue weighted by Gasteiger charge is -2.30. The van der Waals surface area contributed by atoms with Gasteiger partial charge in [-0.15, -0.1) is 0 Å². The smallest absolute Gasteiger partial charge is 0.271 e. The monoisotopic (exact) mass is 311 g/mol. The molecule has 1 unspecified atom stereocenters. The Labute approximate surface area is 114 Å². The molecule has 2 rings (SSSR count). The predicted molar refractivity (Wildman–Crippen MR) is 70.1 cm³/mol. The zero-order valence-electron chi connectivity index (χ0n) is 10.0. The SMILES string of the molecule is CN1CC(NC(=O)c2ncccc2Br)CCC1=O. The first kappa shape index (κ1) is 13.0. The van der Waals surface area contributed by atoms with E-state index in [1.807, 2.05) is 0 Å². The van der Waals surface area contributed by atoms with Gasteiger partial charge in [0.2, 0.25) is 5.91 Å². The fourth-order valence-corrected chi connectivity index (χ4v) is 2.37. The lowest BCUT2D eigenvalue weighted by Crippen LogP contribution is -2.48. The van der Waals surface area contributed by atoms with Gasteiger partial charge < -0.3 is 10.2 Å². The summed E-state index contributed by atoms with van der Waals surface area (Å²) in [6.07, 6.45) is 2.74. The van der Waals surface area contributed by atoms with Crippen LogP contribution in [-0.2, 0) is 4.79 Å². The molecule has 1 aromatic heterocycles. The summed E-state index contributed by atoms with van der Waals surface area (Å²) in [5.41, 5.74) is 0.372. The van der Waals surface area contributed by atoms with E-state index in [0.717, 1.165) is 0 Å². The minimum absolute atomic E-state index is 0.00546. The first-order valence-electron chi connectivity index (χ1n) is 5.73. The standard InChI is InChI=1S/C12H14BrN3O2/c1-16-7-8(4-5-10(16)17)15-12(18)11-9(13)3-2-6-14-11/h2-3,6,8H,4-5,7H2,1H3,(H,15,18). The van der Waals surface area contributed by atoms with Gasteiger partial charge in [0.1, 0.15) is 5.69 Å². The number of hydrogen-bond donors (Lipinski definition) is 1. The maximum atomic E-state index is 12.0. The number of rotatable bonds is 2. The number of amides is 2. The number of aromatic nitrogens is 1. The van der Waals surface area contributed by atoms with Crippen LogP contribution in [0, 0.1) is 0 Å². The van der Waals surface area contributed by atoms with Gasteiger partial charge in [0.25, 0.3) is 5.91 Å². The summed E-state index contributed by atoms with van der Waals surface area (Å²) in [5.74, 6) is -0.0882. The average molecular weight is 312 g/mol. The highest BCUT2D eigenvalue weighted by molar-refractivity contribution is 9.10. The van der Waals surface area contributed by atoms with Crippen LogP contribution < -0.4 is 5.32 Å². The number of carbonyl (C=O) groups excluding carboxylic acids is 2. The van der Waals surface area contributed by atoms with E-state index >= 15 is 0 Å². The number of hydrogen-bond acceptors (Lipinski definition) is 3. The Hall–Kier alpha value is -1.43. The second kappa shape index (κ2) is 5.48. The Morgan fingerprint density at radius 2 is 2.39 bits per heavy atom. The fraction of sp³-hybridized carbons (Fsp3) is 0.417. The van der Waals surface area contributed by atoms with Gasteiger partial charge in [-0.25, -0.2) is 4.98 Å². The summed E-state index contributed by atoms with van der Waals surface area (Å²) in [5, 5.41) is 2.90. The molecule has 1 N–H and O–H groups in total. The highest BCUT2D eigenvalue weighted by Crippen LogP contribution is 2.15. The Kier molecular flexibility index (Phi) is 3.96. The molecule has 18 heavy (non-hydrogen) atoms. The van der Waals surface area contributed by atoms with Crippen LogP contribution in [0.4, 0.5) is 0 Å². The third-order valence-corrected chi connectivity index (χ3v) is 3.58. The van der Waals surface area contributed by atoms with Gasteiger partial charge in [-0.3, -0.25) is 9.59 Å². The van der Waals surface area contributed by atoms with E-state index in [9.17, 15) is 9.59 Å². The van der Waals surface area contributed by atoms with Crippen molar-refractivity contribution in [3.63, 3.8) is 0 Å². The molecular weight excluding hydrogens is 298 g/mol. The number of pyridine rings is 1. The van der Waals surface area contributed by atoms with Gasteiger partial charge in [0, 0.05) is 36.7 Å². The fourth-order valence-electron chi connectivity index (χ4n) is 1.94. The number of halogens is 1. The maximum absolute atomic E-state index is 12.0. The lowest BCUT2D eigenvalue weighted by atomic mass is 10.1. The van der Waals surface area contributed by atoms with E-state index in [2.05, 4.69) is 26.2 Å². The van der Waals surface area contributed by atoms with Crippen LogP contribution in [-0.4, -0.2) is 41.3 Å². The highest BCUT2D eigenvalue weighted by atomic mass is 79.9. The van der Waals surface area contributed by atoms with E-state index < -0.39 is 0 Å². The van der Waals surface area contributed by atoms with Crippen LogP contribution in [0.25, 0.3) is 0 Å². The van der Waals surface area contributed by atoms with Crippen molar-refractivity contribution in [2.45, 2.75) is 18.9 Å². The van der Waals surface area contributed by atoms with E-state index in [-0.39, 0.29) is 17.9 Å². The van der Waals surface area contributed by atoms with Gasteiger partial charge in [-0.1, -0.05) is 0 Å². The minimum Gasteiger partial charge on any atom is -0.346 e. The summed E-state index contributed by atoms with van der Waals surface area (Å²) in [6.45, 7) is 0.551. The van der Waals surface area contributed by atoms with Gasteiger partial charge in [-0.05, 0) is 34.5 Å². The molecule has 1 atom stereocenters. The van der Waals surface area contributed by atoms with Crippen molar-refractivity contribution in [1.82, 2.24) is 15.2 Å². The molecule has 2 amide bonds. The Bertz CT molecular complexity index is 478. The van der Waals surface area contributed by atoms with E-state index in [0.29, 0.717) is 29.6 Å². The first-order valence-corrected chi connectivity index (χ1v) is 6.52. The Morgan fingerprint density at radius 1 is 1.61 bits per heavy atom. The normalized spacial score (nSPS) is 19.8. The maximum Gasteiger partial charge on any atom is 0.271 e. The van der Waals surface area contributed by atoms with Crippen molar-refractivity contribution in [3.05, 3.63) is 28.5 Å². The molecule has 5 nitrogen and oxygen atoms in total. The Morgan fingerprint density at radius 3 is 3.06 bits per heavy atom. The lowest BCUT2D eigenvalue weighted by molar-refractivity contribution is -0.132. The quantitative estimate of drug-likeness (QED) is 0.892. The van der Waals surface area contributed by atoms with Crippen molar-refractivity contribution in [1.29, 1.82) is 0 Å². The number of carbonyl (C=O) groups is 2. The van der Waals surface area contributed by atoms with Crippen LogP contribution in [0.15, 0.2) is 22.8 Å². The van der Waals surface area contributed by atoms with Gasteiger partial charge in [0.05, 0.1) is 0 Å². The molecule has 0 saturated carbocycles. The summed E-state index contributed by atoms with van der Waals surface area (Å²) in [7, 11) is 1.75. The Balaban J connectivity index is 2.00. The van der Waals surface area contributed by atoms with Gasteiger partial charge in [0.15, 0.2) is 0 Å². The first-order chi connectivity index (χ1) is 8.58. The molecule has 2 heterocycles. The molecule has 6 heteroatoms. The topological polar surface area (TPSA) is 62.3 Å². The molecule has 1 saturated heterocycles. The zero-order valence-corrected chi connectivity index (χ0v) is 11.6. The molecule has 0 spiro atoms. The molecule has 0 radical (unpaired) electrons. The molecule has 1 aromatic rings. The van der Waals surface area contributed by atoms with Crippen LogP contribution in [0.3, 0.4) is 0 Å². The van der Waals surface area contributed by atoms with E-state index in [1.54, 1.807) is 30.3 Å². The second-order valence-corrected chi connectivity index (χ2v) is 5.17. The van der Waals surface area contributed by atoms with Crippen molar-refractivity contribution in [3.8, 4) is 0 Å². The third-order valence-electron chi connectivity index (χ3n) is 2.94. The van der Waals surface area contributed by atoms with Crippen molar-refractivity contribution < 1.29 is 9.59 Å². The number of likely N-dealkylation sites (tertiary alicyclic amines) is 1. The molecule has 1 aliphatic heterocycles. The van der Waals surface area contributed by atoms with Gasteiger partial charge in [-0.2, -0.15) is 0 Å². The third kappa shape index (κ3) is 2.87. The molecule has 96 valence electrons. The van der Waals surface area contributed by atoms with Crippen LogP contribution in [0.1, 0.15) is 23.3 Å². The average Bonchev–Trinajstić information content (AvgIpc) is 2.34. The van der Waals surface area contributed by atoms with Crippen molar-refractivity contribution in [2.75, 3.05) is 13.6 Å². The van der Waals surface area contributed by atoms with Crippen LogP contribution in [0.5, 0.6) is 0 Å². The molecular formula is C12H14BrN3O2. The van der Waals surface area contributed by atoms with E-state index in [4.69, 9.17) is 0 Å². The number of piperidine rings is 1. The summed E-state index contributed by atoms with van der Waals surface area (Å²) >= 11 is 3.30. The van der Waals surface area contributed by atoms with Crippen molar-refractivity contribution in [2.24, 2.45) is 0 Å². The molecule has 0 bridgehead atoms. The molecule has 0 aromatic carbocycles. The number of nitrogens with zero attached hydrogens (tertiary/aromatic N) is 2. The highest BCUT2D eigenvalue weighted by Gasteiger charge is 2.25. The zero-order chi connectivity index (χ0) is 13.1. The van der Waals surface area contributed by atoms with Crippen LogP contribution in [0.2, 0.25) is 0 Å². The second-order valence-electron chi connectivity index (χ2n) is 4.32. The summed E-state index contributed by atoms with van der Waals surface area (Å²) < 4.78 is 0.669. The van der Waals surface area contributed by atoms with Gasteiger partial charge >= 0.3 is 0 Å². The summed E-state index contributed by atoms with van der Waals surface area (Å²) in [6, 6.07) is 3.53. The van der Waals surface area contributed by atoms with E-state index in [1.165, 1.54) is 0 Å². The number of likely N-dealkylation sites (N-methyl/N-ethyl adjacent to an activating group) is 1. The minimum atomic E-state index is -0.213. The predicted octanol–water partition coefficient (Wildman–Crippen LogP) is 1.19. The van der Waals surface area contributed by atoms with Crippen LogP contribution >= 0.6 is 15.9 Å². The summed E-state index contributed by atoms with van der Waals surface area (Å²) in [4.78, 5) is 29.0. The molecule has 1 aliphatic rings. The largest absolute Gasteiger partial charge is 0.346 e. The number of nitrogens with one attached hydrogen (secondary N) is 1. The van der Waals surface area contributed by atoms with Crippen molar-refractivity contribution >= 4 is 27.7 Å². The molecule has 0 aliphatic carbocycles.